The van der Waals surface area contributed by atoms with Crippen molar-refractivity contribution in [3.05, 3.63) is 65.2 Å². The molecule has 0 saturated heterocycles. The van der Waals surface area contributed by atoms with E-state index < -0.39 is 5.97 Å². The van der Waals surface area contributed by atoms with Crippen LogP contribution < -0.4 is 0 Å². The molecule has 0 unspecified atom stereocenters. The van der Waals surface area contributed by atoms with Crippen LogP contribution in [0.2, 0.25) is 0 Å². The summed E-state index contributed by atoms with van der Waals surface area (Å²) in [7, 11) is 0. The van der Waals surface area contributed by atoms with Gasteiger partial charge >= 0.3 is 5.97 Å². The van der Waals surface area contributed by atoms with Gasteiger partial charge in [-0.1, -0.05) is 12.1 Å². The van der Waals surface area contributed by atoms with Gasteiger partial charge in [-0.25, -0.2) is 4.79 Å². The molecule has 4 heteroatoms. The number of fused-ring (bicyclic) bond motifs is 3. The molecule has 0 bridgehead atoms. The second-order valence-electron chi connectivity index (χ2n) is 5.33. The van der Waals surface area contributed by atoms with E-state index in [-0.39, 0.29) is 18.1 Å². The zero-order chi connectivity index (χ0) is 16.6. The van der Waals surface area contributed by atoms with Crippen molar-refractivity contribution in [3.8, 4) is 16.9 Å². The molecule has 116 valence electrons. The third kappa shape index (κ3) is 2.42. The van der Waals surface area contributed by atoms with E-state index in [0.29, 0.717) is 34.2 Å². The smallest absolute Gasteiger partial charge is 0.338 e. The van der Waals surface area contributed by atoms with E-state index in [2.05, 4.69) is 6.58 Å². The predicted molar refractivity (Wildman–Crippen MR) is 86.8 cm³/mol. The van der Waals surface area contributed by atoms with Crippen LogP contribution in [-0.4, -0.2) is 23.5 Å². The number of ether oxygens (including phenoxy) is 1. The first-order valence-corrected chi connectivity index (χ1v) is 7.39. The van der Waals surface area contributed by atoms with Gasteiger partial charge in [-0.2, -0.15) is 0 Å². The summed E-state index contributed by atoms with van der Waals surface area (Å²) < 4.78 is 4.97. The Morgan fingerprint density at radius 1 is 1.17 bits per heavy atom. The Morgan fingerprint density at radius 2 is 1.91 bits per heavy atom. The van der Waals surface area contributed by atoms with Crippen molar-refractivity contribution in [1.29, 1.82) is 0 Å². The summed E-state index contributed by atoms with van der Waals surface area (Å²) in [6.45, 7) is 5.66. The minimum atomic E-state index is -0.450. The van der Waals surface area contributed by atoms with E-state index in [1.54, 1.807) is 43.3 Å². The summed E-state index contributed by atoms with van der Waals surface area (Å²) in [5.41, 5.74) is 3.41. The zero-order valence-electron chi connectivity index (χ0n) is 12.8. The molecule has 0 amide bonds. The lowest BCUT2D eigenvalue weighted by Gasteiger charge is -2.06. The molecule has 0 aliphatic heterocycles. The Labute approximate surface area is 134 Å². The summed E-state index contributed by atoms with van der Waals surface area (Å²) >= 11 is 0. The SMILES string of the molecule is C=CCc1cc2c(cc1O)-c1ccc(C(=O)OCC)cc1C2=O. The summed E-state index contributed by atoms with van der Waals surface area (Å²) in [4.78, 5) is 24.5. The van der Waals surface area contributed by atoms with Gasteiger partial charge in [-0.05, 0) is 54.3 Å². The van der Waals surface area contributed by atoms with Crippen LogP contribution >= 0.6 is 0 Å². The van der Waals surface area contributed by atoms with E-state index in [4.69, 9.17) is 4.74 Å². The fourth-order valence-electron chi connectivity index (χ4n) is 2.82. The van der Waals surface area contributed by atoms with Crippen LogP contribution in [0.5, 0.6) is 5.75 Å². The second kappa shape index (κ2) is 5.72. The highest BCUT2D eigenvalue weighted by Crippen LogP contribution is 2.40. The molecule has 4 nitrogen and oxygen atoms in total. The number of esters is 1. The maximum Gasteiger partial charge on any atom is 0.338 e. The van der Waals surface area contributed by atoms with Gasteiger partial charge in [0.05, 0.1) is 12.2 Å². The molecule has 0 atom stereocenters. The van der Waals surface area contributed by atoms with Crippen molar-refractivity contribution in [2.45, 2.75) is 13.3 Å². The number of aromatic hydroxyl groups is 1. The van der Waals surface area contributed by atoms with Crippen molar-refractivity contribution in [2.24, 2.45) is 0 Å². The number of carbonyl (C=O) groups is 2. The number of phenolic OH excluding ortho intramolecular Hbond substituents is 1. The number of allylic oxidation sites excluding steroid dienone is 1. The number of hydrogen-bond acceptors (Lipinski definition) is 4. The third-order valence-electron chi connectivity index (χ3n) is 3.89. The minimum absolute atomic E-state index is 0.138. The average molecular weight is 308 g/mol. The summed E-state index contributed by atoms with van der Waals surface area (Å²) in [6, 6.07) is 8.20. The van der Waals surface area contributed by atoms with Gasteiger partial charge in [0, 0.05) is 11.1 Å². The molecule has 3 rings (SSSR count). The molecule has 0 heterocycles. The van der Waals surface area contributed by atoms with Crippen molar-refractivity contribution < 1.29 is 19.4 Å². The fourth-order valence-corrected chi connectivity index (χ4v) is 2.82. The number of rotatable bonds is 4. The van der Waals surface area contributed by atoms with Crippen LogP contribution in [0.15, 0.2) is 43.0 Å². The molecule has 0 radical (unpaired) electrons. The largest absolute Gasteiger partial charge is 0.508 e. The molecular formula is C19H16O4. The van der Waals surface area contributed by atoms with Crippen LogP contribution in [0.25, 0.3) is 11.1 Å². The third-order valence-corrected chi connectivity index (χ3v) is 3.89. The number of hydrogen-bond donors (Lipinski definition) is 1. The molecule has 23 heavy (non-hydrogen) atoms. The van der Waals surface area contributed by atoms with Crippen molar-refractivity contribution in [1.82, 2.24) is 0 Å². The van der Waals surface area contributed by atoms with Gasteiger partial charge in [0.15, 0.2) is 5.78 Å². The van der Waals surface area contributed by atoms with Crippen LogP contribution in [-0.2, 0) is 11.2 Å². The van der Waals surface area contributed by atoms with Crippen LogP contribution in [0.4, 0.5) is 0 Å². The Hall–Kier alpha value is -2.88. The number of ketones is 1. The highest BCUT2D eigenvalue weighted by Gasteiger charge is 2.29. The van der Waals surface area contributed by atoms with Crippen LogP contribution in [0.1, 0.15) is 38.8 Å². The van der Waals surface area contributed by atoms with Crippen molar-refractivity contribution in [3.63, 3.8) is 0 Å². The lowest BCUT2D eigenvalue weighted by atomic mass is 10.0. The summed E-state index contributed by atoms with van der Waals surface area (Å²) in [6.07, 6.45) is 2.16. The highest BCUT2D eigenvalue weighted by atomic mass is 16.5. The van der Waals surface area contributed by atoms with E-state index in [1.807, 2.05) is 0 Å². The molecule has 1 N–H and O–H groups in total. The van der Waals surface area contributed by atoms with E-state index >= 15 is 0 Å². The quantitative estimate of drug-likeness (QED) is 0.592. The molecule has 0 fully saturated rings. The molecule has 2 aromatic carbocycles. The Bertz CT molecular complexity index is 834. The van der Waals surface area contributed by atoms with Gasteiger partial charge in [0.1, 0.15) is 5.75 Å². The van der Waals surface area contributed by atoms with Crippen molar-refractivity contribution >= 4 is 11.8 Å². The predicted octanol–water partition coefficient (Wildman–Crippen LogP) is 3.51. The van der Waals surface area contributed by atoms with Crippen LogP contribution in [0, 0.1) is 0 Å². The average Bonchev–Trinajstić information content (AvgIpc) is 2.80. The van der Waals surface area contributed by atoms with Gasteiger partial charge in [-0.15, -0.1) is 6.58 Å². The highest BCUT2D eigenvalue weighted by molar-refractivity contribution is 6.22. The first kappa shape index (κ1) is 15.0. The van der Waals surface area contributed by atoms with Gasteiger partial charge < -0.3 is 9.84 Å². The molecule has 0 spiro atoms. The number of benzene rings is 2. The first-order valence-electron chi connectivity index (χ1n) is 7.39. The standard InChI is InChI=1S/C19H16O4/c1-3-5-11-8-16-14(10-17(11)20)13-7-6-12(19(22)23-4-2)9-15(13)18(16)21/h3,6-10,20H,1,4-5H2,2H3. The Kier molecular flexibility index (Phi) is 3.74. The zero-order valence-corrected chi connectivity index (χ0v) is 12.8. The van der Waals surface area contributed by atoms with Gasteiger partial charge in [0.25, 0.3) is 0 Å². The molecule has 1 aliphatic carbocycles. The van der Waals surface area contributed by atoms with Gasteiger partial charge in [0.2, 0.25) is 0 Å². The first-order chi connectivity index (χ1) is 11.1. The Balaban J connectivity index is 2.09. The lowest BCUT2D eigenvalue weighted by molar-refractivity contribution is 0.0526. The topological polar surface area (TPSA) is 63.6 Å². The molecule has 1 aliphatic rings. The lowest BCUT2D eigenvalue weighted by Crippen LogP contribution is -2.06. The van der Waals surface area contributed by atoms with Gasteiger partial charge in [-0.3, -0.25) is 4.79 Å². The summed E-state index contributed by atoms with van der Waals surface area (Å²) in [5.74, 6) is -0.459. The van der Waals surface area contributed by atoms with Crippen LogP contribution in [0.3, 0.4) is 0 Å². The monoisotopic (exact) mass is 308 g/mol. The second-order valence-corrected chi connectivity index (χ2v) is 5.33. The maximum absolute atomic E-state index is 12.6. The van der Waals surface area contributed by atoms with Crippen molar-refractivity contribution in [2.75, 3.05) is 6.61 Å². The normalized spacial score (nSPS) is 11.8. The molecule has 2 aromatic rings. The number of carbonyl (C=O) groups excluding carboxylic acids is 2. The number of phenols is 1. The van der Waals surface area contributed by atoms with E-state index in [1.165, 1.54) is 0 Å². The minimum Gasteiger partial charge on any atom is -0.508 e. The fraction of sp³-hybridized carbons (Fsp3) is 0.158. The Morgan fingerprint density at radius 3 is 2.61 bits per heavy atom. The van der Waals surface area contributed by atoms with E-state index in [0.717, 1.165) is 5.56 Å². The molecule has 0 aromatic heterocycles. The molecule has 0 saturated carbocycles. The molecular weight excluding hydrogens is 292 g/mol. The van der Waals surface area contributed by atoms with E-state index in [9.17, 15) is 14.7 Å². The maximum atomic E-state index is 12.6. The summed E-state index contributed by atoms with van der Waals surface area (Å²) in [5, 5.41) is 10.1.